The summed E-state index contributed by atoms with van der Waals surface area (Å²) in [6.45, 7) is 5.71. The highest BCUT2D eigenvalue weighted by atomic mass is 32.1. The van der Waals surface area contributed by atoms with Gasteiger partial charge in [0.2, 0.25) is 0 Å². The number of hydrogen-bond donors (Lipinski definition) is 2. The molecule has 172 valence electrons. The Labute approximate surface area is 198 Å². The summed E-state index contributed by atoms with van der Waals surface area (Å²) < 4.78 is 5.48. The number of nitrogen functional groups attached to an aromatic ring is 1. The first-order valence-electron chi connectivity index (χ1n) is 11.4. The summed E-state index contributed by atoms with van der Waals surface area (Å²) in [6, 6.07) is 14.2. The van der Waals surface area contributed by atoms with Gasteiger partial charge < -0.3 is 20.7 Å². The standard InChI is InChI=1S/C25H29N5O2S/c26-21-5-3-18(23-2-1-15-33-23)16-22(21)28-25(31)19-4-6-24(27-17-19)30-9-7-20(8-10-30)29-11-13-32-14-12-29/h1-6,15-17,20H,7-14,26H2,(H,28,31). The van der Waals surface area contributed by atoms with Gasteiger partial charge in [-0.2, -0.15) is 0 Å². The fraction of sp³-hybridized carbons (Fsp3) is 0.360. The van der Waals surface area contributed by atoms with E-state index in [4.69, 9.17) is 10.5 Å². The van der Waals surface area contributed by atoms with Crippen LogP contribution < -0.4 is 16.0 Å². The number of pyridine rings is 1. The third-order valence-corrected chi connectivity index (χ3v) is 7.39. The number of aromatic nitrogens is 1. The molecule has 0 saturated carbocycles. The van der Waals surface area contributed by atoms with Crippen LogP contribution in [0.3, 0.4) is 0 Å². The molecule has 0 unspecified atom stereocenters. The van der Waals surface area contributed by atoms with Crippen LogP contribution in [0, 0.1) is 0 Å². The fourth-order valence-electron chi connectivity index (χ4n) is 4.57. The molecule has 2 aliphatic heterocycles. The smallest absolute Gasteiger partial charge is 0.257 e. The van der Waals surface area contributed by atoms with E-state index in [0.29, 0.717) is 23.0 Å². The van der Waals surface area contributed by atoms with Crippen LogP contribution in [0.4, 0.5) is 17.2 Å². The molecule has 1 aromatic carbocycles. The summed E-state index contributed by atoms with van der Waals surface area (Å²) in [7, 11) is 0. The number of amides is 1. The van der Waals surface area contributed by atoms with E-state index in [0.717, 1.165) is 68.5 Å². The van der Waals surface area contributed by atoms with Gasteiger partial charge in [0.05, 0.1) is 30.2 Å². The van der Waals surface area contributed by atoms with Gasteiger partial charge in [0.25, 0.3) is 5.91 Å². The Kier molecular flexibility index (Phi) is 6.57. The summed E-state index contributed by atoms with van der Waals surface area (Å²) in [6.07, 6.45) is 3.91. The zero-order valence-electron chi connectivity index (χ0n) is 18.6. The van der Waals surface area contributed by atoms with Crippen LogP contribution in [-0.4, -0.2) is 61.2 Å². The van der Waals surface area contributed by atoms with E-state index in [1.165, 1.54) is 0 Å². The van der Waals surface area contributed by atoms with Gasteiger partial charge in [0, 0.05) is 43.3 Å². The molecule has 0 aliphatic carbocycles. The maximum Gasteiger partial charge on any atom is 0.257 e. The van der Waals surface area contributed by atoms with E-state index in [1.807, 2.05) is 47.8 Å². The number of nitrogens with zero attached hydrogens (tertiary/aromatic N) is 3. The van der Waals surface area contributed by atoms with Crippen molar-refractivity contribution >= 4 is 34.4 Å². The minimum Gasteiger partial charge on any atom is -0.397 e. The minimum absolute atomic E-state index is 0.213. The summed E-state index contributed by atoms with van der Waals surface area (Å²) in [4.78, 5) is 23.4. The third kappa shape index (κ3) is 5.03. The molecular weight excluding hydrogens is 434 g/mol. The first kappa shape index (κ1) is 21.9. The maximum absolute atomic E-state index is 12.8. The summed E-state index contributed by atoms with van der Waals surface area (Å²) in [5.41, 5.74) is 8.81. The van der Waals surface area contributed by atoms with E-state index < -0.39 is 0 Å². The number of carbonyl (C=O) groups excluding carboxylic acids is 1. The molecule has 7 nitrogen and oxygen atoms in total. The Morgan fingerprint density at radius 1 is 1.09 bits per heavy atom. The van der Waals surface area contributed by atoms with Crippen LogP contribution in [-0.2, 0) is 4.74 Å². The molecule has 0 atom stereocenters. The topological polar surface area (TPSA) is 83.7 Å². The Morgan fingerprint density at radius 3 is 2.61 bits per heavy atom. The first-order valence-corrected chi connectivity index (χ1v) is 12.3. The lowest BCUT2D eigenvalue weighted by Gasteiger charge is -2.40. The lowest BCUT2D eigenvalue weighted by molar-refractivity contribution is 0.0115. The zero-order chi connectivity index (χ0) is 22.6. The van der Waals surface area contributed by atoms with Gasteiger partial charge in [0.1, 0.15) is 5.82 Å². The Hall–Kier alpha value is -2.94. The fourth-order valence-corrected chi connectivity index (χ4v) is 5.29. The van der Waals surface area contributed by atoms with Gasteiger partial charge in [-0.25, -0.2) is 4.98 Å². The largest absolute Gasteiger partial charge is 0.397 e. The van der Waals surface area contributed by atoms with Crippen molar-refractivity contribution in [2.75, 3.05) is 55.3 Å². The molecular formula is C25H29N5O2S. The highest BCUT2D eigenvalue weighted by Crippen LogP contribution is 2.30. The molecule has 33 heavy (non-hydrogen) atoms. The SMILES string of the molecule is Nc1ccc(-c2cccs2)cc1NC(=O)c1ccc(N2CCC(N3CCOCC3)CC2)nc1. The lowest BCUT2D eigenvalue weighted by Crippen LogP contribution is -2.49. The maximum atomic E-state index is 12.8. The molecule has 2 aromatic heterocycles. The Bertz CT molecular complexity index is 1070. The van der Waals surface area contributed by atoms with E-state index in [9.17, 15) is 4.79 Å². The number of thiophene rings is 1. The molecule has 0 spiro atoms. The van der Waals surface area contributed by atoms with Crippen LogP contribution in [0.1, 0.15) is 23.2 Å². The van der Waals surface area contributed by atoms with Gasteiger partial charge >= 0.3 is 0 Å². The van der Waals surface area contributed by atoms with Crippen molar-refractivity contribution in [3.8, 4) is 10.4 Å². The number of piperidine rings is 1. The highest BCUT2D eigenvalue weighted by Gasteiger charge is 2.26. The number of morpholine rings is 1. The quantitative estimate of drug-likeness (QED) is 0.558. The molecule has 0 radical (unpaired) electrons. The molecule has 2 aliphatic rings. The minimum atomic E-state index is -0.213. The predicted octanol–water partition coefficient (Wildman–Crippen LogP) is 3.95. The van der Waals surface area contributed by atoms with Crippen molar-refractivity contribution in [2.24, 2.45) is 0 Å². The molecule has 3 N–H and O–H groups in total. The van der Waals surface area contributed by atoms with Gasteiger partial charge in [-0.15, -0.1) is 11.3 Å². The van der Waals surface area contributed by atoms with Crippen LogP contribution in [0.15, 0.2) is 54.0 Å². The second-order valence-electron chi connectivity index (χ2n) is 8.51. The zero-order valence-corrected chi connectivity index (χ0v) is 19.4. The van der Waals surface area contributed by atoms with Crippen LogP contribution in [0.5, 0.6) is 0 Å². The number of ether oxygens (including phenoxy) is 1. The van der Waals surface area contributed by atoms with E-state index >= 15 is 0 Å². The Morgan fingerprint density at radius 2 is 1.91 bits per heavy atom. The van der Waals surface area contributed by atoms with Crippen LogP contribution >= 0.6 is 11.3 Å². The van der Waals surface area contributed by atoms with Gasteiger partial charge in [-0.1, -0.05) is 12.1 Å². The second-order valence-corrected chi connectivity index (χ2v) is 9.45. The molecule has 4 heterocycles. The van der Waals surface area contributed by atoms with Crippen molar-refractivity contribution in [1.29, 1.82) is 0 Å². The Balaban J connectivity index is 1.20. The highest BCUT2D eigenvalue weighted by molar-refractivity contribution is 7.13. The van der Waals surface area contributed by atoms with Crippen LogP contribution in [0.25, 0.3) is 10.4 Å². The van der Waals surface area contributed by atoms with Gasteiger partial charge in [-0.3, -0.25) is 9.69 Å². The van der Waals surface area contributed by atoms with Gasteiger partial charge in [0.15, 0.2) is 0 Å². The summed E-state index contributed by atoms with van der Waals surface area (Å²) >= 11 is 1.65. The molecule has 5 rings (SSSR count). The van der Waals surface area contributed by atoms with Crippen LogP contribution in [0.2, 0.25) is 0 Å². The molecule has 0 bridgehead atoms. The number of anilines is 3. The summed E-state index contributed by atoms with van der Waals surface area (Å²) in [5.74, 6) is 0.710. The molecule has 2 fully saturated rings. The molecule has 2 saturated heterocycles. The van der Waals surface area contributed by atoms with E-state index in [2.05, 4.69) is 20.1 Å². The number of benzene rings is 1. The first-order chi connectivity index (χ1) is 16.2. The van der Waals surface area contributed by atoms with Gasteiger partial charge in [-0.05, 0) is 54.1 Å². The average Bonchev–Trinajstić information content (AvgIpc) is 3.41. The molecule has 3 aromatic rings. The number of nitrogens with two attached hydrogens (primary N) is 1. The van der Waals surface area contributed by atoms with Crippen molar-refractivity contribution < 1.29 is 9.53 Å². The van der Waals surface area contributed by atoms with Crippen molar-refractivity contribution in [1.82, 2.24) is 9.88 Å². The monoisotopic (exact) mass is 463 g/mol. The lowest BCUT2D eigenvalue weighted by atomic mass is 10.0. The van der Waals surface area contributed by atoms with E-state index in [-0.39, 0.29) is 5.91 Å². The molecule has 8 heteroatoms. The van der Waals surface area contributed by atoms with Crippen molar-refractivity contribution in [3.63, 3.8) is 0 Å². The normalized spacial score (nSPS) is 17.8. The second kappa shape index (κ2) is 9.91. The predicted molar refractivity (Wildman–Crippen MR) is 134 cm³/mol. The summed E-state index contributed by atoms with van der Waals surface area (Å²) in [5, 5.41) is 4.97. The van der Waals surface area contributed by atoms with E-state index in [1.54, 1.807) is 17.5 Å². The molecule has 1 amide bonds. The van der Waals surface area contributed by atoms with Crippen molar-refractivity contribution in [3.05, 3.63) is 59.6 Å². The number of rotatable bonds is 5. The number of carbonyl (C=O) groups is 1. The van der Waals surface area contributed by atoms with Crippen molar-refractivity contribution in [2.45, 2.75) is 18.9 Å². The third-order valence-electron chi connectivity index (χ3n) is 6.47. The average molecular weight is 464 g/mol. The number of hydrogen-bond acceptors (Lipinski definition) is 7. The number of nitrogens with one attached hydrogen (secondary N) is 1.